The molecule has 0 spiro atoms. The van der Waals surface area contributed by atoms with Gasteiger partial charge in [0.2, 0.25) is 0 Å². The minimum atomic E-state index is -0.152. The van der Waals surface area contributed by atoms with E-state index < -0.39 is 0 Å². The van der Waals surface area contributed by atoms with Crippen molar-refractivity contribution in [2.45, 2.75) is 33.5 Å². The predicted octanol–water partition coefficient (Wildman–Crippen LogP) is 1.17. The van der Waals surface area contributed by atoms with Gasteiger partial charge in [0.15, 0.2) is 0 Å². The van der Waals surface area contributed by atoms with Crippen molar-refractivity contribution >= 4 is 0 Å². The molecular weight excluding hydrogens is 246 g/mol. The highest BCUT2D eigenvalue weighted by Gasteiger charge is 2.11. The van der Waals surface area contributed by atoms with Crippen LogP contribution in [0.15, 0.2) is 16.8 Å². The number of aromatic nitrogens is 2. The van der Waals surface area contributed by atoms with E-state index in [-0.39, 0.29) is 12.4 Å². The highest BCUT2D eigenvalue weighted by atomic mass is 16.5. The van der Waals surface area contributed by atoms with Crippen molar-refractivity contribution < 1.29 is 14.7 Å². The van der Waals surface area contributed by atoms with Gasteiger partial charge in [-0.15, -0.1) is 0 Å². The topological polar surface area (TPSA) is 91.4 Å². The number of hydrogen-bond donors (Lipinski definition) is 3. The predicted molar refractivity (Wildman–Crippen MR) is 68.3 cm³/mol. The van der Waals surface area contributed by atoms with Crippen molar-refractivity contribution in [1.82, 2.24) is 15.5 Å². The molecule has 0 radical (unpaired) electrons. The molecule has 0 aromatic carbocycles. The minimum absolute atomic E-state index is 0.121. The maximum absolute atomic E-state index is 9.96. The molecule has 2 rings (SSSR count). The van der Waals surface area contributed by atoms with Crippen LogP contribution in [0.4, 0.5) is 0 Å². The lowest BCUT2D eigenvalue weighted by molar-refractivity contribution is 0.278. The SMILES string of the molecule is Cc1cc(CNCc2c(CO)cnc(C)c2O)no1. The van der Waals surface area contributed by atoms with Gasteiger partial charge >= 0.3 is 0 Å². The van der Waals surface area contributed by atoms with Crippen LogP contribution in [0.25, 0.3) is 0 Å². The molecule has 0 aliphatic rings. The Kier molecular flexibility index (Phi) is 4.13. The summed E-state index contributed by atoms with van der Waals surface area (Å²) in [6, 6.07) is 1.84. The van der Waals surface area contributed by atoms with Gasteiger partial charge in [-0.25, -0.2) is 0 Å². The number of nitrogens with zero attached hydrogens (tertiary/aromatic N) is 2. The van der Waals surface area contributed by atoms with Crippen LogP contribution in [0, 0.1) is 13.8 Å². The van der Waals surface area contributed by atoms with E-state index in [1.807, 2.05) is 13.0 Å². The second kappa shape index (κ2) is 5.81. The molecular formula is C13H17N3O3. The van der Waals surface area contributed by atoms with Gasteiger partial charge in [0, 0.05) is 36.5 Å². The van der Waals surface area contributed by atoms with Gasteiger partial charge in [-0.05, 0) is 13.8 Å². The number of aromatic hydroxyl groups is 1. The average Bonchev–Trinajstić information content (AvgIpc) is 2.80. The Bertz CT molecular complexity index is 566. The van der Waals surface area contributed by atoms with Gasteiger partial charge < -0.3 is 20.1 Å². The summed E-state index contributed by atoms with van der Waals surface area (Å²) in [5.41, 5.74) is 2.63. The minimum Gasteiger partial charge on any atom is -0.506 e. The molecule has 0 amide bonds. The molecule has 0 aliphatic heterocycles. The monoisotopic (exact) mass is 263 g/mol. The molecule has 6 heteroatoms. The number of aliphatic hydroxyl groups is 1. The zero-order valence-electron chi connectivity index (χ0n) is 11.0. The van der Waals surface area contributed by atoms with E-state index >= 15 is 0 Å². The first-order valence-corrected chi connectivity index (χ1v) is 6.02. The van der Waals surface area contributed by atoms with Crippen molar-refractivity contribution in [3.8, 4) is 5.75 Å². The van der Waals surface area contributed by atoms with Gasteiger partial charge in [0.1, 0.15) is 11.5 Å². The van der Waals surface area contributed by atoms with Crippen molar-refractivity contribution in [3.05, 3.63) is 40.5 Å². The van der Waals surface area contributed by atoms with Crippen LogP contribution in [0.2, 0.25) is 0 Å². The van der Waals surface area contributed by atoms with E-state index in [0.29, 0.717) is 29.9 Å². The van der Waals surface area contributed by atoms with Gasteiger partial charge in [0.25, 0.3) is 0 Å². The fraction of sp³-hybridized carbons (Fsp3) is 0.385. The van der Waals surface area contributed by atoms with Crippen molar-refractivity contribution in [3.63, 3.8) is 0 Å². The van der Waals surface area contributed by atoms with Crippen molar-refractivity contribution in [2.24, 2.45) is 0 Å². The Hall–Kier alpha value is -1.92. The van der Waals surface area contributed by atoms with Crippen molar-refractivity contribution in [1.29, 1.82) is 0 Å². The highest BCUT2D eigenvalue weighted by Crippen LogP contribution is 2.23. The lowest BCUT2D eigenvalue weighted by Crippen LogP contribution is -2.15. The smallest absolute Gasteiger partial charge is 0.141 e. The first kappa shape index (κ1) is 13.5. The Morgan fingerprint density at radius 1 is 1.32 bits per heavy atom. The number of aliphatic hydroxyl groups excluding tert-OH is 1. The number of hydrogen-bond acceptors (Lipinski definition) is 6. The second-order valence-electron chi connectivity index (χ2n) is 4.39. The largest absolute Gasteiger partial charge is 0.506 e. The number of nitrogens with one attached hydrogen (secondary N) is 1. The van der Waals surface area contributed by atoms with E-state index in [1.165, 1.54) is 0 Å². The number of pyridine rings is 1. The summed E-state index contributed by atoms with van der Waals surface area (Å²) >= 11 is 0. The molecule has 0 unspecified atom stereocenters. The molecule has 102 valence electrons. The molecule has 6 nitrogen and oxygen atoms in total. The molecule has 0 saturated heterocycles. The summed E-state index contributed by atoms with van der Waals surface area (Å²) in [6.45, 7) is 4.36. The van der Waals surface area contributed by atoms with Gasteiger partial charge in [-0.2, -0.15) is 0 Å². The highest BCUT2D eigenvalue weighted by molar-refractivity contribution is 5.40. The number of rotatable bonds is 5. The summed E-state index contributed by atoms with van der Waals surface area (Å²) in [4.78, 5) is 4.01. The van der Waals surface area contributed by atoms with Crippen molar-refractivity contribution in [2.75, 3.05) is 0 Å². The third kappa shape index (κ3) is 3.10. The zero-order valence-corrected chi connectivity index (χ0v) is 11.0. The normalized spacial score (nSPS) is 10.9. The first-order chi connectivity index (χ1) is 9.11. The molecule has 0 saturated carbocycles. The molecule has 0 fully saturated rings. The second-order valence-corrected chi connectivity index (χ2v) is 4.39. The van der Waals surface area contributed by atoms with E-state index in [2.05, 4.69) is 15.5 Å². The maximum Gasteiger partial charge on any atom is 0.141 e. The third-order valence-electron chi connectivity index (χ3n) is 2.89. The Morgan fingerprint density at radius 2 is 2.11 bits per heavy atom. The maximum atomic E-state index is 9.96. The van der Waals surface area contributed by atoms with Gasteiger partial charge in [0.05, 0.1) is 18.0 Å². The summed E-state index contributed by atoms with van der Waals surface area (Å²) in [5.74, 6) is 0.880. The fourth-order valence-electron chi connectivity index (χ4n) is 1.83. The first-order valence-electron chi connectivity index (χ1n) is 6.02. The van der Waals surface area contributed by atoms with Gasteiger partial charge in [-0.1, -0.05) is 5.16 Å². The Balaban J connectivity index is 2.04. The third-order valence-corrected chi connectivity index (χ3v) is 2.89. The van der Waals surface area contributed by atoms with Gasteiger partial charge in [-0.3, -0.25) is 4.98 Å². The molecule has 3 N–H and O–H groups in total. The zero-order chi connectivity index (χ0) is 13.8. The van der Waals surface area contributed by atoms with Crippen LogP contribution in [0.5, 0.6) is 5.75 Å². The van der Waals surface area contributed by atoms with E-state index in [0.717, 1.165) is 11.5 Å². The molecule has 2 aromatic heterocycles. The quantitative estimate of drug-likeness (QED) is 0.750. The summed E-state index contributed by atoms with van der Waals surface area (Å²) in [7, 11) is 0. The van der Waals surface area contributed by atoms with Crippen LogP contribution in [0.1, 0.15) is 28.3 Å². The Morgan fingerprint density at radius 3 is 2.74 bits per heavy atom. The average molecular weight is 263 g/mol. The summed E-state index contributed by atoms with van der Waals surface area (Å²) in [6.07, 6.45) is 1.58. The molecule has 0 bridgehead atoms. The van der Waals surface area contributed by atoms with Crippen LogP contribution >= 0.6 is 0 Å². The fourth-order valence-corrected chi connectivity index (χ4v) is 1.83. The molecule has 2 heterocycles. The Labute approximate surface area is 111 Å². The van der Waals surface area contributed by atoms with E-state index in [9.17, 15) is 10.2 Å². The lowest BCUT2D eigenvalue weighted by atomic mass is 10.1. The molecule has 0 atom stereocenters. The van der Waals surface area contributed by atoms with Crippen LogP contribution in [0.3, 0.4) is 0 Å². The number of aryl methyl sites for hydroxylation is 2. The van der Waals surface area contributed by atoms with Crippen LogP contribution < -0.4 is 5.32 Å². The molecule has 2 aromatic rings. The summed E-state index contributed by atoms with van der Waals surface area (Å²) < 4.78 is 4.97. The molecule has 19 heavy (non-hydrogen) atoms. The lowest BCUT2D eigenvalue weighted by Gasteiger charge is -2.11. The van der Waals surface area contributed by atoms with E-state index in [4.69, 9.17) is 4.52 Å². The molecule has 0 aliphatic carbocycles. The van der Waals surface area contributed by atoms with Crippen LogP contribution in [-0.4, -0.2) is 20.4 Å². The van der Waals surface area contributed by atoms with Crippen LogP contribution in [-0.2, 0) is 19.7 Å². The van der Waals surface area contributed by atoms with E-state index in [1.54, 1.807) is 13.1 Å². The standard InChI is InChI=1S/C13H17N3O3/c1-8-3-11(16-19-8)5-14-6-12-10(7-17)4-15-9(2)13(12)18/h3-4,14,17-18H,5-7H2,1-2H3. The summed E-state index contributed by atoms with van der Waals surface area (Å²) in [5, 5.41) is 26.2.